The Balaban J connectivity index is 1.06. The van der Waals surface area contributed by atoms with Gasteiger partial charge in [-0.1, -0.05) is 35.9 Å². The molecule has 0 amide bonds. The van der Waals surface area contributed by atoms with E-state index in [2.05, 4.69) is 68.6 Å². The summed E-state index contributed by atoms with van der Waals surface area (Å²) >= 11 is 0. The summed E-state index contributed by atoms with van der Waals surface area (Å²) in [6, 6.07) is 18.4. The number of ketones is 1. The molecule has 230 valence electrons. The molecule has 2 aliphatic rings. The molecule has 0 bridgehead atoms. The lowest BCUT2D eigenvalue weighted by atomic mass is 10.0. The van der Waals surface area contributed by atoms with Crippen LogP contribution in [0, 0.1) is 6.92 Å². The van der Waals surface area contributed by atoms with Gasteiger partial charge in [-0.25, -0.2) is 9.97 Å². The lowest BCUT2D eigenvalue weighted by molar-refractivity contribution is -0.116. The molecule has 3 aromatic carbocycles. The Morgan fingerprint density at radius 2 is 1.91 bits per heavy atom. The van der Waals surface area contributed by atoms with Crippen molar-refractivity contribution in [3.63, 3.8) is 0 Å². The van der Waals surface area contributed by atoms with Crippen molar-refractivity contribution in [3.8, 4) is 5.75 Å². The van der Waals surface area contributed by atoms with E-state index in [0.717, 1.165) is 46.1 Å². The third-order valence-corrected chi connectivity index (χ3v) is 8.43. The van der Waals surface area contributed by atoms with E-state index < -0.39 is 0 Å². The second-order valence-corrected chi connectivity index (χ2v) is 11.7. The Bertz CT molecular complexity index is 1870. The fourth-order valence-corrected chi connectivity index (χ4v) is 6.23. The number of hydrogen-bond donors (Lipinski definition) is 1. The molecule has 2 fully saturated rings. The zero-order valence-corrected chi connectivity index (χ0v) is 25.5. The van der Waals surface area contributed by atoms with Crippen LogP contribution in [0.15, 0.2) is 79.3 Å². The number of methoxy groups -OCH3 is 1. The third kappa shape index (κ3) is 6.44. The number of hydrogen-bond acceptors (Lipinski definition) is 9. The number of allylic oxidation sites excluding steroid dienone is 1. The smallest absolute Gasteiger partial charge is 0.159 e. The van der Waals surface area contributed by atoms with Crippen molar-refractivity contribution in [2.75, 3.05) is 45.3 Å². The SMILES string of the molecule is COc1cc2ncnc(Nc3ccc4c(cnn4Cc4cccc(C)c4)c3)c2cc1CC(=O)/C=C/CN1C[C@@H]2OCCO[C@@H]2C1. The fraction of sp³-hybridized carbons (Fsp3) is 0.314. The molecule has 45 heavy (non-hydrogen) atoms. The van der Waals surface area contributed by atoms with Gasteiger partial charge in [0.1, 0.15) is 17.9 Å². The Hall–Kier alpha value is -4.64. The van der Waals surface area contributed by atoms with Crippen LogP contribution >= 0.6 is 0 Å². The second kappa shape index (κ2) is 12.8. The van der Waals surface area contributed by atoms with Gasteiger partial charge in [-0.3, -0.25) is 14.4 Å². The van der Waals surface area contributed by atoms with Gasteiger partial charge in [0.25, 0.3) is 0 Å². The third-order valence-electron chi connectivity index (χ3n) is 8.43. The van der Waals surface area contributed by atoms with Gasteiger partial charge in [0, 0.05) is 54.1 Å². The Morgan fingerprint density at radius 1 is 1.07 bits per heavy atom. The van der Waals surface area contributed by atoms with E-state index in [9.17, 15) is 4.79 Å². The van der Waals surface area contributed by atoms with E-state index in [1.165, 1.54) is 17.5 Å². The first-order chi connectivity index (χ1) is 22.0. The van der Waals surface area contributed by atoms with Crippen LogP contribution in [0.5, 0.6) is 5.75 Å². The van der Waals surface area contributed by atoms with Crippen LogP contribution in [0.25, 0.3) is 21.8 Å². The quantitative estimate of drug-likeness (QED) is 0.224. The van der Waals surface area contributed by atoms with Crippen molar-refractivity contribution >= 4 is 39.1 Å². The van der Waals surface area contributed by atoms with Crippen molar-refractivity contribution in [1.29, 1.82) is 0 Å². The van der Waals surface area contributed by atoms with Crippen LogP contribution in [0.1, 0.15) is 16.7 Å². The van der Waals surface area contributed by atoms with E-state index in [1.807, 2.05) is 35.2 Å². The minimum Gasteiger partial charge on any atom is -0.496 e. The summed E-state index contributed by atoms with van der Waals surface area (Å²) in [5.41, 5.74) is 5.88. The number of aromatic nitrogens is 4. The van der Waals surface area contributed by atoms with Crippen LogP contribution in [-0.2, 0) is 27.2 Å². The van der Waals surface area contributed by atoms with E-state index >= 15 is 0 Å². The summed E-state index contributed by atoms with van der Waals surface area (Å²) in [4.78, 5) is 24.3. The molecule has 5 aromatic rings. The standard InChI is InChI=1S/C35H36N6O4/c1-23-5-3-6-24(13-23)19-41-31-9-8-27(14-26(31)18-38-41)39-35-29-16-25(32(43-2)17-30(29)36-22-37-35)15-28(42)7-4-10-40-20-33-34(21-40)45-12-11-44-33/h3-9,13-14,16-18,22,33-34H,10-12,15,19-21H2,1-2H3,(H,36,37,39)/b7-4+/t33-,34+. The normalized spacial score (nSPS) is 18.5. The predicted octanol–water partition coefficient (Wildman–Crippen LogP) is 4.86. The molecule has 10 heteroatoms. The molecule has 2 saturated heterocycles. The molecule has 7 rings (SSSR count). The molecule has 1 N–H and O–H groups in total. The molecule has 10 nitrogen and oxygen atoms in total. The first-order valence-corrected chi connectivity index (χ1v) is 15.3. The molecular formula is C35H36N6O4. The number of carbonyl (C=O) groups is 1. The summed E-state index contributed by atoms with van der Waals surface area (Å²) in [6.07, 6.45) is 7.44. The van der Waals surface area contributed by atoms with Crippen molar-refractivity contribution in [2.24, 2.45) is 0 Å². The number of benzene rings is 3. The lowest BCUT2D eigenvalue weighted by Crippen LogP contribution is -2.36. The Labute approximate surface area is 261 Å². The topological polar surface area (TPSA) is 104 Å². The van der Waals surface area contributed by atoms with Crippen molar-refractivity contribution < 1.29 is 19.0 Å². The number of aryl methyl sites for hydroxylation is 1. The van der Waals surface area contributed by atoms with Crippen molar-refractivity contribution in [3.05, 3.63) is 96.0 Å². The fourth-order valence-electron chi connectivity index (χ4n) is 6.23. The van der Waals surface area contributed by atoms with E-state index in [-0.39, 0.29) is 24.4 Å². The van der Waals surface area contributed by atoms with Crippen LogP contribution < -0.4 is 10.1 Å². The first-order valence-electron chi connectivity index (χ1n) is 15.3. The number of ether oxygens (including phenoxy) is 3. The van der Waals surface area contributed by atoms with Crippen LogP contribution in [-0.4, -0.2) is 82.6 Å². The first kappa shape index (κ1) is 29.1. The van der Waals surface area contributed by atoms with Crippen LogP contribution in [0.4, 0.5) is 11.5 Å². The predicted molar refractivity (Wildman–Crippen MR) is 173 cm³/mol. The molecule has 0 radical (unpaired) electrons. The molecule has 0 aliphatic carbocycles. The van der Waals surface area contributed by atoms with Crippen molar-refractivity contribution in [1.82, 2.24) is 24.6 Å². The number of nitrogens with one attached hydrogen (secondary N) is 1. The zero-order chi connectivity index (χ0) is 30.8. The Kier molecular flexibility index (Phi) is 8.25. The lowest BCUT2D eigenvalue weighted by Gasteiger charge is -2.24. The minimum atomic E-state index is -0.00347. The van der Waals surface area contributed by atoms with Gasteiger partial charge in [-0.15, -0.1) is 0 Å². The van der Waals surface area contributed by atoms with Crippen molar-refractivity contribution in [2.45, 2.75) is 32.1 Å². The summed E-state index contributed by atoms with van der Waals surface area (Å²) < 4.78 is 19.3. The number of nitrogens with zero attached hydrogens (tertiary/aromatic N) is 5. The number of likely N-dealkylation sites (tertiary alicyclic amines) is 1. The van der Waals surface area contributed by atoms with Gasteiger partial charge in [0.05, 0.1) is 56.3 Å². The average molecular weight is 605 g/mol. The number of carbonyl (C=O) groups excluding carboxylic acids is 1. The van der Waals surface area contributed by atoms with Gasteiger partial charge in [0.2, 0.25) is 0 Å². The van der Waals surface area contributed by atoms with Crippen LogP contribution in [0.3, 0.4) is 0 Å². The summed E-state index contributed by atoms with van der Waals surface area (Å²) in [5, 5.41) is 9.92. The number of fused-ring (bicyclic) bond motifs is 3. The Morgan fingerprint density at radius 3 is 2.71 bits per heavy atom. The van der Waals surface area contributed by atoms with Gasteiger partial charge in [0.15, 0.2) is 5.78 Å². The van der Waals surface area contributed by atoms with Gasteiger partial charge in [-0.05, 0) is 42.8 Å². The molecule has 2 atom stereocenters. The summed E-state index contributed by atoms with van der Waals surface area (Å²) in [6.45, 7) is 6.42. The number of rotatable bonds is 10. The molecule has 2 aliphatic heterocycles. The average Bonchev–Trinajstić information content (AvgIpc) is 3.64. The van der Waals surface area contributed by atoms with E-state index in [0.29, 0.717) is 37.9 Å². The van der Waals surface area contributed by atoms with Crippen LogP contribution in [0.2, 0.25) is 0 Å². The van der Waals surface area contributed by atoms with Gasteiger partial charge < -0.3 is 19.5 Å². The van der Waals surface area contributed by atoms with Gasteiger partial charge in [-0.2, -0.15) is 5.10 Å². The molecule has 2 aromatic heterocycles. The molecule has 0 unspecified atom stereocenters. The summed E-state index contributed by atoms with van der Waals surface area (Å²) in [5.74, 6) is 1.27. The van der Waals surface area contributed by atoms with E-state index in [1.54, 1.807) is 13.2 Å². The van der Waals surface area contributed by atoms with Gasteiger partial charge >= 0.3 is 0 Å². The maximum Gasteiger partial charge on any atom is 0.159 e. The molecular weight excluding hydrogens is 568 g/mol. The number of anilines is 2. The highest BCUT2D eigenvalue weighted by Gasteiger charge is 2.35. The highest BCUT2D eigenvalue weighted by atomic mass is 16.6. The highest BCUT2D eigenvalue weighted by molar-refractivity contribution is 5.96. The zero-order valence-electron chi connectivity index (χ0n) is 25.5. The molecule has 0 saturated carbocycles. The van der Waals surface area contributed by atoms with E-state index in [4.69, 9.17) is 14.2 Å². The monoisotopic (exact) mass is 604 g/mol. The largest absolute Gasteiger partial charge is 0.496 e. The minimum absolute atomic E-state index is 0.00347. The maximum atomic E-state index is 13.0. The highest BCUT2D eigenvalue weighted by Crippen LogP contribution is 2.31. The second-order valence-electron chi connectivity index (χ2n) is 11.7. The maximum absolute atomic E-state index is 13.0. The summed E-state index contributed by atoms with van der Waals surface area (Å²) in [7, 11) is 1.61. The molecule has 4 heterocycles. The molecule has 0 spiro atoms.